The lowest BCUT2D eigenvalue weighted by atomic mass is 9.76. The summed E-state index contributed by atoms with van der Waals surface area (Å²) < 4.78 is 21.6. The van der Waals surface area contributed by atoms with E-state index in [1.54, 1.807) is 0 Å². The minimum atomic E-state index is -1.48. The van der Waals surface area contributed by atoms with Gasteiger partial charge in [0.05, 0.1) is 0 Å². The highest BCUT2D eigenvalue weighted by Gasteiger charge is 2.70. The molecule has 0 aliphatic carbocycles. The molecule has 2 N–H and O–H groups in total. The summed E-state index contributed by atoms with van der Waals surface area (Å²) in [6, 6.07) is 0. The van der Waals surface area contributed by atoms with Crippen LogP contribution in [-0.2, 0) is 28.5 Å². The van der Waals surface area contributed by atoms with E-state index in [0.29, 0.717) is 0 Å². The maximum absolute atomic E-state index is 11.3. The summed E-state index contributed by atoms with van der Waals surface area (Å²) in [6.45, 7) is 0. The fraction of sp³-hybridized carbons (Fsp3) is 0.818. The number of ether oxygens (including phenoxy) is 4. The number of halogens is 1. The zero-order valence-corrected chi connectivity index (χ0v) is 11.1. The van der Waals surface area contributed by atoms with Crippen molar-refractivity contribution in [2.75, 3.05) is 13.0 Å². The summed E-state index contributed by atoms with van der Waals surface area (Å²) in [6.07, 6.45) is -3.17. The quantitative estimate of drug-likeness (QED) is 0.668. The Labute approximate surface area is 118 Å². The van der Waals surface area contributed by atoms with Crippen molar-refractivity contribution in [1.82, 2.24) is 0 Å². The molecule has 9 heteroatoms. The molecule has 0 aromatic rings. The third-order valence-corrected chi connectivity index (χ3v) is 4.38. The van der Waals surface area contributed by atoms with E-state index in [1.807, 2.05) is 0 Å². The van der Waals surface area contributed by atoms with Gasteiger partial charge in [0, 0.05) is 7.11 Å². The van der Waals surface area contributed by atoms with Gasteiger partial charge >= 0.3 is 11.9 Å². The van der Waals surface area contributed by atoms with Gasteiger partial charge in [0.2, 0.25) is 0 Å². The molecule has 0 radical (unpaired) electrons. The van der Waals surface area contributed by atoms with E-state index in [9.17, 15) is 19.8 Å². The van der Waals surface area contributed by atoms with E-state index in [4.69, 9.17) is 30.5 Å². The number of aliphatic carboxylic acids is 2. The first-order valence-corrected chi connectivity index (χ1v) is 6.55. The lowest BCUT2D eigenvalue weighted by Gasteiger charge is -2.27. The monoisotopic (exact) mass is 308 g/mol. The van der Waals surface area contributed by atoms with E-state index < -0.39 is 54.2 Å². The molecule has 20 heavy (non-hydrogen) atoms. The summed E-state index contributed by atoms with van der Waals surface area (Å²) in [5, 5.41) is 18.4. The molecule has 0 saturated carbocycles. The van der Waals surface area contributed by atoms with Gasteiger partial charge in [0.25, 0.3) is 5.97 Å². The fourth-order valence-electron chi connectivity index (χ4n) is 3.21. The minimum Gasteiger partial charge on any atom is -0.481 e. The van der Waals surface area contributed by atoms with Gasteiger partial charge in [-0.1, -0.05) is 0 Å². The van der Waals surface area contributed by atoms with Crippen LogP contribution in [0.4, 0.5) is 0 Å². The molecule has 3 rings (SSSR count). The molecular weight excluding hydrogens is 296 g/mol. The Bertz CT molecular complexity index is 414. The van der Waals surface area contributed by atoms with Crippen molar-refractivity contribution in [3.8, 4) is 0 Å². The van der Waals surface area contributed by atoms with Crippen LogP contribution in [0.15, 0.2) is 0 Å². The van der Waals surface area contributed by atoms with E-state index in [2.05, 4.69) is 0 Å². The molecule has 112 valence electrons. The van der Waals surface area contributed by atoms with Gasteiger partial charge in [-0.05, 0) is 0 Å². The lowest BCUT2D eigenvalue weighted by molar-refractivity contribution is -0.327. The number of methoxy groups -OCH3 is 1. The first-order chi connectivity index (χ1) is 9.44. The highest BCUT2D eigenvalue weighted by molar-refractivity contribution is 6.18. The molecule has 3 fully saturated rings. The first kappa shape index (κ1) is 14.0. The summed E-state index contributed by atoms with van der Waals surface area (Å²) in [5.41, 5.74) is 0. The third-order valence-electron chi connectivity index (χ3n) is 4.06. The summed E-state index contributed by atoms with van der Waals surface area (Å²) >= 11 is 5.74. The van der Waals surface area contributed by atoms with Crippen molar-refractivity contribution in [2.45, 2.75) is 30.4 Å². The Morgan fingerprint density at radius 2 is 1.55 bits per heavy atom. The van der Waals surface area contributed by atoms with Crippen molar-refractivity contribution in [3.05, 3.63) is 0 Å². The number of carboxylic acids is 2. The molecule has 0 spiro atoms. The van der Waals surface area contributed by atoms with Crippen LogP contribution in [0.1, 0.15) is 0 Å². The Hall–Kier alpha value is -0.930. The SMILES string of the molecule is COC1(CCl)O[C@@H]2[C@H](O1)[C@H]1O[C@@H]2[C@H](C(=O)O)[C@@H]1C(=O)O. The summed E-state index contributed by atoms with van der Waals surface area (Å²) in [5.74, 6) is -6.41. The standard InChI is InChI=1S/C11H13ClO8/c1-17-11(2-12)19-7-5-3(9(13)14)4(10(15)16)6(18-5)8(7)20-11/h3-8H,2H2,1H3,(H,13,14)(H,15,16)/t3-,4+,5-,6+,7+,8-,11?. The van der Waals surface area contributed by atoms with Gasteiger partial charge in [-0.15, -0.1) is 11.6 Å². The molecule has 0 aromatic carbocycles. The van der Waals surface area contributed by atoms with E-state index in [0.717, 1.165) is 0 Å². The zero-order valence-electron chi connectivity index (χ0n) is 10.4. The predicted molar refractivity (Wildman–Crippen MR) is 61.1 cm³/mol. The van der Waals surface area contributed by atoms with Crippen LogP contribution >= 0.6 is 11.6 Å². The molecule has 3 heterocycles. The van der Waals surface area contributed by atoms with Gasteiger partial charge < -0.3 is 29.2 Å². The number of alkyl halides is 1. The average molecular weight is 309 g/mol. The Kier molecular flexibility index (Phi) is 3.18. The second-order valence-electron chi connectivity index (χ2n) is 4.98. The van der Waals surface area contributed by atoms with Crippen LogP contribution in [-0.4, -0.2) is 65.5 Å². The highest BCUT2D eigenvalue weighted by Crippen LogP contribution is 2.51. The number of fused-ring (bicyclic) bond motifs is 5. The number of rotatable bonds is 4. The first-order valence-electron chi connectivity index (χ1n) is 6.02. The fourth-order valence-corrected chi connectivity index (χ4v) is 3.44. The number of hydrogen-bond donors (Lipinski definition) is 2. The Morgan fingerprint density at radius 3 is 1.85 bits per heavy atom. The molecule has 8 nitrogen and oxygen atoms in total. The minimum absolute atomic E-state index is 0.120. The molecule has 0 aromatic heterocycles. The van der Waals surface area contributed by atoms with Gasteiger partial charge in [0.1, 0.15) is 42.1 Å². The second-order valence-corrected chi connectivity index (χ2v) is 5.25. The topological polar surface area (TPSA) is 112 Å². The van der Waals surface area contributed by atoms with Crippen LogP contribution in [0.5, 0.6) is 0 Å². The van der Waals surface area contributed by atoms with Crippen molar-refractivity contribution in [3.63, 3.8) is 0 Å². The van der Waals surface area contributed by atoms with E-state index in [-0.39, 0.29) is 5.88 Å². The normalized spacial score (nSPS) is 49.3. The molecule has 1 unspecified atom stereocenters. The number of hydrogen-bond acceptors (Lipinski definition) is 6. The molecular formula is C11H13ClO8. The number of carboxylic acid groups (broad SMARTS) is 2. The van der Waals surface area contributed by atoms with E-state index in [1.165, 1.54) is 7.11 Å². The van der Waals surface area contributed by atoms with Crippen molar-refractivity contribution < 1.29 is 38.7 Å². The largest absolute Gasteiger partial charge is 0.481 e. The van der Waals surface area contributed by atoms with Crippen LogP contribution in [0, 0.1) is 11.8 Å². The smallest absolute Gasteiger partial charge is 0.310 e. The third kappa shape index (κ3) is 1.69. The Balaban J connectivity index is 1.91. The van der Waals surface area contributed by atoms with E-state index >= 15 is 0 Å². The van der Waals surface area contributed by atoms with Crippen LogP contribution in [0.3, 0.4) is 0 Å². The second kappa shape index (κ2) is 4.54. The van der Waals surface area contributed by atoms with Crippen LogP contribution in [0.25, 0.3) is 0 Å². The van der Waals surface area contributed by atoms with Crippen LogP contribution in [0.2, 0.25) is 0 Å². The number of carbonyl (C=O) groups is 2. The lowest BCUT2D eigenvalue weighted by Crippen LogP contribution is -2.50. The van der Waals surface area contributed by atoms with Crippen LogP contribution < -0.4 is 0 Å². The highest BCUT2D eigenvalue weighted by atomic mass is 35.5. The van der Waals surface area contributed by atoms with Crippen molar-refractivity contribution in [1.29, 1.82) is 0 Å². The van der Waals surface area contributed by atoms with Gasteiger partial charge in [-0.25, -0.2) is 0 Å². The molecule has 3 aliphatic heterocycles. The van der Waals surface area contributed by atoms with Crippen molar-refractivity contribution >= 4 is 23.5 Å². The summed E-state index contributed by atoms with van der Waals surface area (Å²) in [7, 11) is 1.34. The van der Waals surface area contributed by atoms with Gasteiger partial charge in [-0.2, -0.15) is 0 Å². The molecule has 0 amide bonds. The summed E-state index contributed by atoms with van der Waals surface area (Å²) in [4.78, 5) is 22.6. The van der Waals surface area contributed by atoms with Crippen molar-refractivity contribution in [2.24, 2.45) is 11.8 Å². The maximum Gasteiger partial charge on any atom is 0.310 e. The zero-order chi connectivity index (χ0) is 14.7. The Morgan fingerprint density at radius 1 is 1.10 bits per heavy atom. The molecule has 7 atom stereocenters. The maximum atomic E-state index is 11.3. The van der Waals surface area contributed by atoms with Gasteiger partial charge in [-0.3, -0.25) is 9.59 Å². The molecule has 3 aliphatic rings. The molecule has 3 saturated heterocycles. The van der Waals surface area contributed by atoms with Gasteiger partial charge in [0.15, 0.2) is 0 Å². The predicted octanol–water partition coefficient (Wildman–Crippen LogP) is -0.508. The average Bonchev–Trinajstić information content (AvgIpc) is 3.05. The molecule has 2 bridgehead atoms.